The van der Waals surface area contributed by atoms with Crippen molar-refractivity contribution < 1.29 is 9.47 Å². The Bertz CT molecular complexity index is 255. The first kappa shape index (κ1) is 22.7. The van der Waals surface area contributed by atoms with Crippen molar-refractivity contribution in [2.24, 2.45) is 17.3 Å². The van der Waals surface area contributed by atoms with Crippen molar-refractivity contribution in [3.05, 3.63) is 12.7 Å². The Morgan fingerprint density at radius 3 is 1.61 bits per heavy atom. The van der Waals surface area contributed by atoms with Gasteiger partial charge >= 0.3 is 0 Å². The van der Waals surface area contributed by atoms with Gasteiger partial charge in [0.15, 0.2) is 0 Å². The summed E-state index contributed by atoms with van der Waals surface area (Å²) in [7, 11) is 0. The van der Waals surface area contributed by atoms with Crippen molar-refractivity contribution in [2.45, 2.75) is 79.6 Å². The van der Waals surface area contributed by atoms with Crippen LogP contribution in [-0.2, 0) is 9.47 Å². The minimum Gasteiger partial charge on any atom is -0.380 e. The number of allylic oxidation sites excluding steroid dienone is 1. The fraction of sp³-hybridized carbons (Fsp3) is 0.905. The van der Waals surface area contributed by atoms with E-state index >= 15 is 0 Å². The van der Waals surface area contributed by atoms with Crippen LogP contribution in [0.25, 0.3) is 0 Å². The zero-order valence-electron chi connectivity index (χ0n) is 16.5. The molecule has 0 aromatic heterocycles. The predicted molar refractivity (Wildman–Crippen MR) is 102 cm³/mol. The van der Waals surface area contributed by atoms with Crippen LogP contribution in [0.5, 0.6) is 0 Å². The molecule has 0 saturated heterocycles. The van der Waals surface area contributed by atoms with Crippen molar-refractivity contribution in [3.8, 4) is 0 Å². The minimum atomic E-state index is 0.0523. The van der Waals surface area contributed by atoms with Crippen LogP contribution in [0.1, 0.15) is 79.6 Å². The van der Waals surface area contributed by atoms with Gasteiger partial charge in [0.2, 0.25) is 0 Å². The lowest BCUT2D eigenvalue weighted by molar-refractivity contribution is -0.0298. The summed E-state index contributed by atoms with van der Waals surface area (Å²) in [6.45, 7) is 18.5. The molecule has 0 spiro atoms. The van der Waals surface area contributed by atoms with E-state index < -0.39 is 0 Å². The fourth-order valence-corrected chi connectivity index (χ4v) is 3.08. The molecule has 0 aliphatic rings. The molecule has 0 amide bonds. The Kier molecular flexibility index (Phi) is 13.8. The predicted octanol–water partition coefficient (Wildman–Crippen LogP) is 6.25. The van der Waals surface area contributed by atoms with Gasteiger partial charge in [-0.3, -0.25) is 0 Å². The lowest BCUT2D eigenvalue weighted by Crippen LogP contribution is -2.30. The van der Waals surface area contributed by atoms with Crippen LogP contribution >= 0.6 is 0 Å². The summed E-state index contributed by atoms with van der Waals surface area (Å²) in [6.07, 6.45) is 10.4. The molecule has 138 valence electrons. The lowest BCUT2D eigenvalue weighted by Gasteiger charge is -2.29. The van der Waals surface area contributed by atoms with Gasteiger partial charge in [-0.15, -0.1) is 6.58 Å². The van der Waals surface area contributed by atoms with Crippen molar-refractivity contribution in [3.63, 3.8) is 0 Å². The molecular formula is C21H42O2. The summed E-state index contributed by atoms with van der Waals surface area (Å²) >= 11 is 0. The highest BCUT2D eigenvalue weighted by molar-refractivity contribution is 4.83. The van der Waals surface area contributed by atoms with Gasteiger partial charge in [0.25, 0.3) is 0 Å². The molecule has 0 N–H and O–H groups in total. The van der Waals surface area contributed by atoms with E-state index in [4.69, 9.17) is 9.47 Å². The Morgan fingerprint density at radius 2 is 1.30 bits per heavy atom. The average molecular weight is 327 g/mol. The number of rotatable bonds is 16. The van der Waals surface area contributed by atoms with Crippen LogP contribution in [0.15, 0.2) is 12.7 Å². The van der Waals surface area contributed by atoms with Gasteiger partial charge in [0, 0.05) is 18.6 Å². The van der Waals surface area contributed by atoms with Crippen molar-refractivity contribution in [1.29, 1.82) is 0 Å². The first-order chi connectivity index (χ1) is 11.0. The Labute approximate surface area is 146 Å². The molecule has 0 heterocycles. The normalized spacial score (nSPS) is 16.7. The van der Waals surface area contributed by atoms with Crippen LogP contribution < -0.4 is 0 Å². The van der Waals surface area contributed by atoms with Gasteiger partial charge in [0.1, 0.15) is 0 Å². The largest absolute Gasteiger partial charge is 0.380 e. The van der Waals surface area contributed by atoms with E-state index in [1.165, 1.54) is 38.5 Å². The molecule has 0 aromatic rings. The summed E-state index contributed by atoms with van der Waals surface area (Å²) < 4.78 is 12.1. The van der Waals surface area contributed by atoms with Crippen LogP contribution in [0.2, 0.25) is 0 Å². The van der Waals surface area contributed by atoms with E-state index in [0.717, 1.165) is 32.8 Å². The van der Waals surface area contributed by atoms with Gasteiger partial charge in [-0.25, -0.2) is 0 Å². The van der Waals surface area contributed by atoms with E-state index in [1.54, 1.807) is 0 Å². The lowest BCUT2D eigenvalue weighted by atomic mass is 9.88. The molecule has 2 heteroatoms. The standard InChI is InChI=1S/C21H42O2/c1-7-12-19(10-4)15-22-17-21(6,14-9-3)18-23-16-20(11-5)13-8-2/h9,19-20H,3,7-8,10-18H2,1-2,4-6H3. The van der Waals surface area contributed by atoms with E-state index in [0.29, 0.717) is 11.8 Å². The maximum Gasteiger partial charge on any atom is 0.0544 e. The molecule has 23 heavy (non-hydrogen) atoms. The first-order valence-electron chi connectivity index (χ1n) is 9.81. The molecule has 0 bridgehead atoms. The zero-order valence-corrected chi connectivity index (χ0v) is 16.5. The maximum atomic E-state index is 6.06. The highest BCUT2D eigenvalue weighted by Crippen LogP contribution is 2.25. The summed E-state index contributed by atoms with van der Waals surface area (Å²) in [4.78, 5) is 0. The van der Waals surface area contributed by atoms with Crippen molar-refractivity contribution in [2.75, 3.05) is 26.4 Å². The summed E-state index contributed by atoms with van der Waals surface area (Å²) in [5, 5.41) is 0. The summed E-state index contributed by atoms with van der Waals surface area (Å²) in [6, 6.07) is 0. The van der Waals surface area contributed by atoms with Gasteiger partial charge < -0.3 is 9.47 Å². The van der Waals surface area contributed by atoms with Gasteiger partial charge in [-0.05, 0) is 31.1 Å². The minimum absolute atomic E-state index is 0.0523. The van der Waals surface area contributed by atoms with E-state index in [2.05, 4.69) is 41.2 Å². The number of hydrogen-bond donors (Lipinski definition) is 0. The third kappa shape index (κ3) is 10.9. The highest BCUT2D eigenvalue weighted by Gasteiger charge is 2.24. The van der Waals surface area contributed by atoms with Crippen LogP contribution in [-0.4, -0.2) is 26.4 Å². The molecule has 0 aliphatic carbocycles. The van der Waals surface area contributed by atoms with Crippen LogP contribution in [0, 0.1) is 17.3 Å². The smallest absolute Gasteiger partial charge is 0.0544 e. The molecular weight excluding hydrogens is 284 g/mol. The molecule has 0 aliphatic heterocycles. The number of ether oxygens (including phenoxy) is 2. The zero-order chi connectivity index (χ0) is 17.6. The van der Waals surface area contributed by atoms with Gasteiger partial charge in [0.05, 0.1) is 13.2 Å². The first-order valence-corrected chi connectivity index (χ1v) is 9.81. The van der Waals surface area contributed by atoms with E-state index in [-0.39, 0.29) is 5.41 Å². The van der Waals surface area contributed by atoms with E-state index in [9.17, 15) is 0 Å². The Balaban J connectivity index is 4.24. The topological polar surface area (TPSA) is 18.5 Å². The highest BCUT2D eigenvalue weighted by atomic mass is 16.5. The molecule has 2 atom stereocenters. The number of hydrogen-bond acceptors (Lipinski definition) is 2. The Morgan fingerprint density at radius 1 is 0.870 bits per heavy atom. The Hall–Kier alpha value is -0.340. The quantitative estimate of drug-likeness (QED) is 0.312. The maximum absolute atomic E-state index is 6.06. The molecule has 2 unspecified atom stereocenters. The molecule has 0 fully saturated rings. The average Bonchev–Trinajstić information content (AvgIpc) is 2.53. The molecule has 0 rings (SSSR count). The van der Waals surface area contributed by atoms with Crippen molar-refractivity contribution in [1.82, 2.24) is 0 Å². The third-order valence-electron chi connectivity index (χ3n) is 4.79. The second-order valence-corrected chi connectivity index (χ2v) is 7.46. The second kappa shape index (κ2) is 14.0. The monoisotopic (exact) mass is 326 g/mol. The molecule has 0 saturated carbocycles. The van der Waals surface area contributed by atoms with Crippen molar-refractivity contribution >= 4 is 0 Å². The second-order valence-electron chi connectivity index (χ2n) is 7.46. The molecule has 2 nitrogen and oxygen atoms in total. The SMILES string of the molecule is C=CCC(C)(COCC(CC)CCC)COCC(CC)CCC. The third-order valence-corrected chi connectivity index (χ3v) is 4.79. The fourth-order valence-electron chi connectivity index (χ4n) is 3.08. The van der Waals surface area contributed by atoms with Gasteiger partial charge in [-0.1, -0.05) is 66.4 Å². The molecule has 0 aromatic carbocycles. The van der Waals surface area contributed by atoms with Crippen LogP contribution in [0.3, 0.4) is 0 Å². The van der Waals surface area contributed by atoms with Gasteiger partial charge in [-0.2, -0.15) is 0 Å². The summed E-state index contributed by atoms with van der Waals surface area (Å²) in [5.41, 5.74) is 0.0523. The van der Waals surface area contributed by atoms with Crippen LogP contribution in [0.4, 0.5) is 0 Å². The summed E-state index contributed by atoms with van der Waals surface area (Å²) in [5.74, 6) is 1.39. The van der Waals surface area contributed by atoms with E-state index in [1.807, 2.05) is 6.08 Å². The molecule has 0 radical (unpaired) electrons.